The van der Waals surface area contributed by atoms with Crippen LogP contribution in [0.1, 0.15) is 17.6 Å². The first-order chi connectivity index (χ1) is 9.95. The average Bonchev–Trinajstić information content (AvgIpc) is 2.85. The Kier molecular flexibility index (Phi) is 5.67. The summed E-state index contributed by atoms with van der Waals surface area (Å²) in [7, 11) is 1.82. The maximum atomic E-state index is 12.4. The number of rotatable bonds is 5. The molecule has 1 unspecified atom stereocenters. The Morgan fingerprint density at radius 1 is 1.43 bits per heavy atom. The molecule has 1 heterocycles. The Hall–Kier alpha value is -1.04. The van der Waals surface area contributed by atoms with E-state index in [4.69, 9.17) is 11.6 Å². The van der Waals surface area contributed by atoms with Crippen LogP contribution in [0.4, 0.5) is 0 Å². The molecule has 0 fully saturated rings. The minimum Gasteiger partial charge on any atom is -0.339 e. The van der Waals surface area contributed by atoms with E-state index >= 15 is 0 Å². The van der Waals surface area contributed by atoms with E-state index in [0.29, 0.717) is 11.6 Å². The molecule has 2 aromatic rings. The van der Waals surface area contributed by atoms with Crippen LogP contribution in [0.25, 0.3) is 0 Å². The highest BCUT2D eigenvalue weighted by molar-refractivity contribution is 8.00. The molecule has 0 spiro atoms. The van der Waals surface area contributed by atoms with Gasteiger partial charge in [-0.1, -0.05) is 11.6 Å². The van der Waals surface area contributed by atoms with Crippen molar-refractivity contribution in [1.82, 2.24) is 9.88 Å². The molecule has 112 valence electrons. The second kappa shape index (κ2) is 7.29. The van der Waals surface area contributed by atoms with Crippen molar-refractivity contribution >= 4 is 40.6 Å². The molecule has 0 aliphatic carbocycles. The van der Waals surface area contributed by atoms with Gasteiger partial charge in [0.25, 0.3) is 0 Å². The molecule has 1 atom stereocenters. The summed E-state index contributed by atoms with van der Waals surface area (Å²) in [6, 6.07) is 7.53. The first-order valence-corrected chi connectivity index (χ1v) is 8.67. The Morgan fingerprint density at radius 2 is 2.10 bits per heavy atom. The second-order valence-corrected chi connectivity index (χ2v) is 7.68. The van der Waals surface area contributed by atoms with Crippen LogP contribution >= 0.6 is 34.7 Å². The van der Waals surface area contributed by atoms with Crippen LogP contribution in [-0.2, 0) is 11.3 Å². The fourth-order valence-corrected chi connectivity index (χ4v) is 3.59. The standard InChI is InChI=1S/C15H17ClN2OS2/c1-10(21-14-6-4-12(16)5-7-14)15(19)18(3)8-13-9-20-11(2)17-13/h4-7,9-10H,8H2,1-3H3. The Bertz CT molecular complexity index is 612. The van der Waals surface area contributed by atoms with Crippen molar-refractivity contribution < 1.29 is 4.79 Å². The maximum absolute atomic E-state index is 12.4. The van der Waals surface area contributed by atoms with Gasteiger partial charge in [-0.3, -0.25) is 4.79 Å². The van der Waals surface area contributed by atoms with E-state index in [1.54, 1.807) is 16.2 Å². The summed E-state index contributed by atoms with van der Waals surface area (Å²) in [5, 5.41) is 3.58. The molecular weight excluding hydrogens is 324 g/mol. The lowest BCUT2D eigenvalue weighted by molar-refractivity contribution is -0.129. The van der Waals surface area contributed by atoms with Gasteiger partial charge in [-0.05, 0) is 38.1 Å². The molecule has 6 heteroatoms. The third kappa shape index (κ3) is 4.73. The maximum Gasteiger partial charge on any atom is 0.235 e. The summed E-state index contributed by atoms with van der Waals surface area (Å²) in [4.78, 5) is 19.5. The molecule has 2 rings (SSSR count). The van der Waals surface area contributed by atoms with Gasteiger partial charge in [-0.25, -0.2) is 4.98 Å². The van der Waals surface area contributed by atoms with E-state index in [1.807, 2.05) is 50.5 Å². The number of carbonyl (C=O) groups is 1. The van der Waals surface area contributed by atoms with Gasteiger partial charge in [0.05, 0.1) is 22.5 Å². The van der Waals surface area contributed by atoms with Crippen LogP contribution in [-0.4, -0.2) is 28.1 Å². The summed E-state index contributed by atoms with van der Waals surface area (Å²) in [6.07, 6.45) is 0. The Morgan fingerprint density at radius 3 is 2.67 bits per heavy atom. The fraction of sp³-hybridized carbons (Fsp3) is 0.333. The molecule has 0 N–H and O–H groups in total. The van der Waals surface area contributed by atoms with Crippen molar-refractivity contribution in [1.29, 1.82) is 0 Å². The number of hydrogen-bond acceptors (Lipinski definition) is 4. The van der Waals surface area contributed by atoms with Crippen LogP contribution in [0.3, 0.4) is 0 Å². The number of thiazole rings is 1. The minimum absolute atomic E-state index is 0.0978. The monoisotopic (exact) mass is 340 g/mol. The van der Waals surface area contributed by atoms with Crippen LogP contribution in [0.5, 0.6) is 0 Å². The number of thioether (sulfide) groups is 1. The number of hydrogen-bond donors (Lipinski definition) is 0. The molecule has 3 nitrogen and oxygen atoms in total. The highest BCUT2D eigenvalue weighted by atomic mass is 35.5. The van der Waals surface area contributed by atoms with E-state index in [-0.39, 0.29) is 11.2 Å². The van der Waals surface area contributed by atoms with Crippen molar-refractivity contribution in [3.05, 3.63) is 45.4 Å². The molecule has 21 heavy (non-hydrogen) atoms. The molecule has 1 amide bonds. The average molecular weight is 341 g/mol. The summed E-state index contributed by atoms with van der Waals surface area (Å²) >= 11 is 9.00. The number of amides is 1. The zero-order chi connectivity index (χ0) is 15.4. The second-order valence-electron chi connectivity index (χ2n) is 4.77. The fourth-order valence-electron chi connectivity index (χ4n) is 1.88. The zero-order valence-electron chi connectivity index (χ0n) is 12.2. The van der Waals surface area contributed by atoms with E-state index < -0.39 is 0 Å². The first-order valence-electron chi connectivity index (χ1n) is 6.54. The van der Waals surface area contributed by atoms with E-state index in [1.165, 1.54) is 11.8 Å². The summed E-state index contributed by atoms with van der Waals surface area (Å²) < 4.78 is 0. The highest BCUT2D eigenvalue weighted by Crippen LogP contribution is 2.26. The van der Waals surface area contributed by atoms with Gasteiger partial charge in [0.1, 0.15) is 0 Å². The van der Waals surface area contributed by atoms with Crippen molar-refractivity contribution in [3.8, 4) is 0 Å². The molecule has 1 aromatic heterocycles. The molecule has 0 bridgehead atoms. The molecule has 1 aromatic carbocycles. The van der Waals surface area contributed by atoms with Gasteiger partial charge in [0.2, 0.25) is 5.91 Å². The van der Waals surface area contributed by atoms with E-state index in [0.717, 1.165) is 15.6 Å². The molecule has 0 aliphatic rings. The summed E-state index contributed by atoms with van der Waals surface area (Å²) in [5.74, 6) is 0.0978. The van der Waals surface area contributed by atoms with Crippen molar-refractivity contribution in [2.75, 3.05) is 7.05 Å². The normalized spacial score (nSPS) is 12.2. The quantitative estimate of drug-likeness (QED) is 0.763. The lowest BCUT2D eigenvalue weighted by Gasteiger charge is -2.20. The SMILES string of the molecule is Cc1nc(CN(C)C(=O)C(C)Sc2ccc(Cl)cc2)cs1. The van der Waals surface area contributed by atoms with Crippen LogP contribution < -0.4 is 0 Å². The van der Waals surface area contributed by atoms with Gasteiger partial charge in [0, 0.05) is 22.3 Å². The predicted octanol–water partition coefficient (Wildman–Crippen LogP) is 4.24. The Labute approximate surface area is 138 Å². The molecular formula is C15H17ClN2OS2. The van der Waals surface area contributed by atoms with Gasteiger partial charge >= 0.3 is 0 Å². The lowest BCUT2D eigenvalue weighted by Crippen LogP contribution is -2.32. The van der Waals surface area contributed by atoms with E-state index in [2.05, 4.69) is 4.98 Å². The first kappa shape index (κ1) is 16.3. The topological polar surface area (TPSA) is 33.2 Å². The summed E-state index contributed by atoms with van der Waals surface area (Å²) in [6.45, 7) is 4.44. The van der Waals surface area contributed by atoms with Gasteiger partial charge in [-0.2, -0.15) is 0 Å². The largest absolute Gasteiger partial charge is 0.339 e. The molecule has 0 saturated heterocycles. The zero-order valence-corrected chi connectivity index (χ0v) is 14.6. The van der Waals surface area contributed by atoms with Crippen molar-refractivity contribution in [3.63, 3.8) is 0 Å². The number of halogens is 1. The third-order valence-corrected chi connectivity index (χ3v) is 5.09. The minimum atomic E-state index is -0.143. The number of aryl methyl sites for hydroxylation is 1. The molecule has 0 aliphatic heterocycles. The van der Waals surface area contributed by atoms with Gasteiger partial charge in [-0.15, -0.1) is 23.1 Å². The van der Waals surface area contributed by atoms with Crippen LogP contribution in [0.15, 0.2) is 34.5 Å². The number of aromatic nitrogens is 1. The van der Waals surface area contributed by atoms with Crippen LogP contribution in [0.2, 0.25) is 5.02 Å². The number of carbonyl (C=O) groups excluding carboxylic acids is 1. The van der Waals surface area contributed by atoms with Crippen molar-refractivity contribution in [2.24, 2.45) is 0 Å². The Balaban J connectivity index is 1.93. The molecule has 0 saturated carbocycles. The third-order valence-electron chi connectivity index (χ3n) is 2.92. The van der Waals surface area contributed by atoms with Gasteiger partial charge < -0.3 is 4.90 Å². The number of nitrogens with zero attached hydrogens (tertiary/aromatic N) is 2. The highest BCUT2D eigenvalue weighted by Gasteiger charge is 2.19. The smallest absolute Gasteiger partial charge is 0.235 e. The van der Waals surface area contributed by atoms with Gasteiger partial charge in [0.15, 0.2) is 0 Å². The van der Waals surface area contributed by atoms with E-state index in [9.17, 15) is 4.79 Å². The lowest BCUT2D eigenvalue weighted by atomic mass is 10.3. The number of benzene rings is 1. The summed E-state index contributed by atoms with van der Waals surface area (Å²) in [5.41, 5.74) is 0.942. The molecule has 0 radical (unpaired) electrons. The van der Waals surface area contributed by atoms with Crippen LogP contribution in [0, 0.1) is 6.92 Å². The predicted molar refractivity (Wildman–Crippen MR) is 90.1 cm³/mol. The van der Waals surface area contributed by atoms with Crippen molar-refractivity contribution in [2.45, 2.75) is 30.5 Å².